The third kappa shape index (κ3) is 8.97. The Morgan fingerprint density at radius 3 is 2.25 bits per heavy atom. The highest BCUT2D eigenvalue weighted by Crippen LogP contribution is 2.35. The van der Waals surface area contributed by atoms with E-state index >= 15 is 0 Å². The number of allylic oxidation sites excluding steroid dienone is 3. The first-order chi connectivity index (χ1) is 25.0. The average Bonchev–Trinajstić information content (AvgIpc) is 3.97. The van der Waals surface area contributed by atoms with E-state index in [-0.39, 0.29) is 35.7 Å². The maximum Gasteiger partial charge on any atom is 0.407 e. The summed E-state index contributed by atoms with van der Waals surface area (Å²) in [5.41, 5.74) is 1.58. The normalized spacial score (nSPS) is 18.8. The summed E-state index contributed by atoms with van der Waals surface area (Å²) >= 11 is 6.18. The second kappa shape index (κ2) is 17.6. The average molecular weight is 747 g/mol. The molecular formula is C37H46N8O5S2. The topological polar surface area (TPSA) is 165 Å². The van der Waals surface area contributed by atoms with E-state index in [1.54, 1.807) is 28.3 Å². The van der Waals surface area contributed by atoms with Crippen molar-refractivity contribution >= 4 is 53.2 Å². The molecule has 5 rings (SSSR count). The molecule has 0 saturated carbocycles. The van der Waals surface area contributed by atoms with Gasteiger partial charge >= 0.3 is 6.09 Å². The van der Waals surface area contributed by atoms with Crippen LogP contribution in [0.4, 0.5) is 4.79 Å². The first-order valence-electron chi connectivity index (χ1n) is 17.4. The van der Waals surface area contributed by atoms with Crippen LogP contribution in [0.15, 0.2) is 42.8 Å². The third-order valence-electron chi connectivity index (χ3n) is 9.24. The summed E-state index contributed by atoms with van der Waals surface area (Å²) in [5, 5.41) is 5.34. The predicted molar refractivity (Wildman–Crippen MR) is 203 cm³/mol. The summed E-state index contributed by atoms with van der Waals surface area (Å²) in [6, 6.07) is 2.29. The number of H-pyrrole nitrogens is 2. The van der Waals surface area contributed by atoms with Crippen LogP contribution in [0, 0.1) is 23.7 Å². The fourth-order valence-electron chi connectivity index (χ4n) is 6.52. The highest BCUT2D eigenvalue weighted by atomic mass is 32.1. The second-order valence-corrected chi connectivity index (χ2v) is 15.0. The van der Waals surface area contributed by atoms with Crippen molar-refractivity contribution in [3.05, 3.63) is 65.0 Å². The van der Waals surface area contributed by atoms with E-state index in [9.17, 15) is 19.2 Å². The fraction of sp³-hybridized carbons (Fsp3) is 0.459. The summed E-state index contributed by atoms with van der Waals surface area (Å²) in [7, 11) is 1.28. The van der Waals surface area contributed by atoms with Crippen LogP contribution in [0.2, 0.25) is 0 Å². The van der Waals surface area contributed by atoms with Crippen molar-refractivity contribution in [1.29, 1.82) is 0 Å². The van der Waals surface area contributed by atoms with Crippen molar-refractivity contribution in [3.63, 3.8) is 0 Å². The van der Waals surface area contributed by atoms with Crippen molar-refractivity contribution in [3.8, 4) is 22.4 Å². The first-order valence-corrected chi connectivity index (χ1v) is 18.7. The van der Waals surface area contributed by atoms with Gasteiger partial charge in [-0.2, -0.15) is 0 Å². The molecule has 13 nitrogen and oxygen atoms in total. The number of nitrogens with zero attached hydrogens (tertiary/aromatic N) is 4. The quantitative estimate of drug-likeness (QED) is 0.0734. The molecule has 2 aliphatic heterocycles. The zero-order valence-corrected chi connectivity index (χ0v) is 31.7. The van der Waals surface area contributed by atoms with E-state index < -0.39 is 18.2 Å². The van der Waals surface area contributed by atoms with Crippen LogP contribution in [0.25, 0.3) is 15.5 Å². The van der Waals surface area contributed by atoms with E-state index in [0.29, 0.717) is 36.1 Å². The number of rotatable bonds is 12. The Hall–Kier alpha value is -4.81. The number of likely N-dealkylation sites (tertiary alicyclic amines) is 2. The number of imidazole rings is 2. The van der Waals surface area contributed by atoms with Gasteiger partial charge in [-0.05, 0) is 61.8 Å². The summed E-state index contributed by atoms with van der Waals surface area (Å²) in [6.45, 7) is 8.81. The molecule has 52 heavy (non-hydrogen) atoms. The Morgan fingerprint density at radius 2 is 1.62 bits per heavy atom. The van der Waals surface area contributed by atoms with Crippen molar-refractivity contribution in [2.75, 3.05) is 20.2 Å². The summed E-state index contributed by atoms with van der Waals surface area (Å²) < 4.78 is 4.73. The number of hydrogen-bond acceptors (Lipinski definition) is 9. The molecule has 0 spiro atoms. The third-order valence-corrected chi connectivity index (χ3v) is 10.7. The van der Waals surface area contributed by atoms with Gasteiger partial charge in [0, 0.05) is 18.0 Å². The fourth-order valence-corrected chi connectivity index (χ4v) is 7.55. The number of thiophene rings is 1. The van der Waals surface area contributed by atoms with Crippen molar-refractivity contribution in [1.82, 2.24) is 40.4 Å². The minimum Gasteiger partial charge on any atom is -0.453 e. The number of amides is 4. The lowest BCUT2D eigenvalue weighted by molar-refractivity contribution is -0.137. The number of aromatic amines is 2. The Morgan fingerprint density at radius 1 is 0.981 bits per heavy atom. The largest absolute Gasteiger partial charge is 0.453 e. The Labute approximate surface area is 313 Å². The Bertz CT molecular complexity index is 1860. The van der Waals surface area contributed by atoms with Crippen LogP contribution < -0.4 is 10.6 Å². The number of alkyl carbamates (subject to hydrolysis) is 1. The van der Waals surface area contributed by atoms with Crippen molar-refractivity contribution < 1.29 is 23.9 Å². The standard InChI is InChI=1S/C37H46N8O5S2/c1-22(2)31(40-21-46)35(47)44-17-9-12-27(44)33-38-19-25(41-33)29(51)14-8-6-7-11-24-15-16-30(52-24)26-20-39-34(42-26)28-13-10-18-45(28)36(48)32(23(3)4)43-37(49)50-5/h6,8,14-16,19-23,27-28,31-32,51H,9-10,12-13,17-18H2,1-5H3,(H,38,41)(H,39,42)(H,40,46)(H,43,49)/b8-6+,29-14-/t27-,28-,31?,32?/m0/s1. The van der Waals surface area contributed by atoms with Crippen LogP contribution in [0.1, 0.15) is 87.7 Å². The van der Waals surface area contributed by atoms with Gasteiger partial charge in [0.15, 0.2) is 0 Å². The van der Waals surface area contributed by atoms with Gasteiger partial charge in [0.2, 0.25) is 18.2 Å². The van der Waals surface area contributed by atoms with E-state index in [0.717, 1.165) is 46.8 Å². The van der Waals surface area contributed by atoms with Crippen LogP contribution in [-0.4, -0.2) is 86.3 Å². The number of hydrogen-bond donors (Lipinski definition) is 5. The highest BCUT2D eigenvalue weighted by Gasteiger charge is 2.38. The predicted octanol–water partition coefficient (Wildman–Crippen LogP) is 5.22. The van der Waals surface area contributed by atoms with Gasteiger partial charge in [-0.1, -0.05) is 45.6 Å². The number of ether oxygens (including phenoxy) is 1. The monoisotopic (exact) mass is 746 g/mol. The maximum absolute atomic E-state index is 13.5. The molecule has 3 aromatic rings. The van der Waals surface area contributed by atoms with Gasteiger partial charge in [0.25, 0.3) is 0 Å². The van der Waals surface area contributed by atoms with Crippen molar-refractivity contribution in [2.45, 2.75) is 77.5 Å². The van der Waals surface area contributed by atoms with Gasteiger partial charge in [-0.15, -0.1) is 24.0 Å². The summed E-state index contributed by atoms with van der Waals surface area (Å²) in [6.07, 6.45) is 12.1. The highest BCUT2D eigenvalue weighted by molar-refractivity contribution is 7.90. The molecule has 2 fully saturated rings. The number of nitrogens with one attached hydrogen (secondary N) is 4. The molecule has 276 valence electrons. The molecule has 0 bridgehead atoms. The molecule has 3 aromatic heterocycles. The number of carbonyl (C=O) groups is 4. The number of aromatic nitrogens is 4. The lowest BCUT2D eigenvalue weighted by Gasteiger charge is -2.30. The van der Waals surface area contributed by atoms with Crippen LogP contribution in [0.5, 0.6) is 0 Å². The zero-order chi connectivity index (χ0) is 37.4. The molecule has 5 heterocycles. The molecule has 0 aromatic carbocycles. The van der Waals surface area contributed by atoms with E-state index in [2.05, 4.69) is 55.0 Å². The number of thiol groups is 1. The molecule has 0 radical (unpaired) electrons. The van der Waals surface area contributed by atoms with Crippen LogP contribution in [0.3, 0.4) is 0 Å². The molecule has 4 amide bonds. The molecular weight excluding hydrogens is 701 g/mol. The van der Waals surface area contributed by atoms with E-state index in [4.69, 9.17) is 4.74 Å². The molecule has 15 heteroatoms. The number of methoxy groups -OCH3 is 1. The zero-order valence-electron chi connectivity index (χ0n) is 30.0. The SMILES string of the molecule is COC(=O)NC(C(=O)N1CCC[C@H]1c1ncc(-c2ccc(C#C/C=C/C=C(\S)c3cnc([C@@H]4CCCN4C(=O)C(NC=O)C(C)C)[nH]3)s2)[nH]1)C(C)C. The van der Waals surface area contributed by atoms with Gasteiger partial charge in [-0.3, -0.25) is 14.4 Å². The molecule has 2 aliphatic rings. The van der Waals surface area contributed by atoms with Crippen LogP contribution >= 0.6 is 24.0 Å². The van der Waals surface area contributed by atoms with Crippen molar-refractivity contribution in [2.24, 2.45) is 11.8 Å². The second-order valence-electron chi connectivity index (χ2n) is 13.5. The first kappa shape index (κ1) is 38.4. The van der Waals surface area contributed by atoms with E-state index in [1.807, 2.05) is 52.0 Å². The van der Waals surface area contributed by atoms with E-state index in [1.165, 1.54) is 18.4 Å². The van der Waals surface area contributed by atoms with Crippen LogP contribution in [-0.2, 0) is 19.1 Å². The van der Waals surface area contributed by atoms with Gasteiger partial charge in [0.05, 0.1) is 52.7 Å². The van der Waals surface area contributed by atoms with Gasteiger partial charge in [0.1, 0.15) is 23.7 Å². The minimum absolute atomic E-state index is 0.0315. The summed E-state index contributed by atoms with van der Waals surface area (Å²) in [4.78, 5) is 71.7. The number of carbonyl (C=O) groups excluding carboxylic acids is 4. The molecule has 4 N–H and O–H groups in total. The molecule has 4 atom stereocenters. The molecule has 2 unspecified atom stereocenters. The lowest BCUT2D eigenvalue weighted by Crippen LogP contribution is -2.51. The smallest absolute Gasteiger partial charge is 0.407 e. The van der Waals surface area contributed by atoms with Gasteiger partial charge in [-0.25, -0.2) is 14.8 Å². The lowest BCUT2D eigenvalue weighted by atomic mass is 10.0. The van der Waals surface area contributed by atoms with Gasteiger partial charge < -0.3 is 35.1 Å². The Balaban J connectivity index is 1.19. The Kier molecular flexibility index (Phi) is 13.0. The maximum atomic E-state index is 13.5. The minimum atomic E-state index is -0.688. The molecule has 0 aliphatic carbocycles. The summed E-state index contributed by atoms with van der Waals surface area (Å²) in [5.74, 6) is 7.26. The molecule has 2 saturated heterocycles.